The van der Waals surface area contributed by atoms with E-state index in [2.05, 4.69) is 0 Å². The van der Waals surface area contributed by atoms with Gasteiger partial charge in [-0.2, -0.15) is 0 Å². The molecule has 0 radical (unpaired) electrons. The molecular formula is C6H13K2O7P. The van der Waals surface area contributed by atoms with E-state index < -0.39 is 38.0 Å². The molecule has 10 heteroatoms. The molecule has 1 unspecified atom stereocenters. The Bertz CT molecular complexity index is 276. The first-order valence-electron chi connectivity index (χ1n) is 3.72. The molecule has 0 saturated heterocycles. The van der Waals surface area contributed by atoms with Crippen LogP contribution >= 0.6 is 7.60 Å². The van der Waals surface area contributed by atoms with E-state index in [0.717, 1.165) is 0 Å². The summed E-state index contributed by atoms with van der Waals surface area (Å²) in [6, 6.07) is 0. The van der Waals surface area contributed by atoms with E-state index in [4.69, 9.17) is 20.0 Å². The van der Waals surface area contributed by atoms with Crippen LogP contribution in [0.3, 0.4) is 0 Å². The van der Waals surface area contributed by atoms with E-state index in [-0.39, 0.29) is 109 Å². The summed E-state index contributed by atoms with van der Waals surface area (Å²) in [6.07, 6.45) is -1.52. The first-order valence-corrected chi connectivity index (χ1v) is 5.40. The Balaban J connectivity index is -0.000000845. The number of hydrogen-bond donors (Lipinski definition) is 4. The first kappa shape index (κ1) is 23.5. The topological polar surface area (TPSA) is 132 Å². The van der Waals surface area contributed by atoms with Crippen LogP contribution < -0.4 is 0 Å². The fraction of sp³-hybridized carbons (Fsp3) is 0.667. The third-order valence-electron chi connectivity index (χ3n) is 1.58. The zero-order valence-corrected chi connectivity index (χ0v) is 8.05. The van der Waals surface area contributed by atoms with Gasteiger partial charge in [-0.3, -0.25) is 14.2 Å². The summed E-state index contributed by atoms with van der Waals surface area (Å²) in [5.74, 6) is -2.57. The molecule has 16 heavy (non-hydrogen) atoms. The fourth-order valence-electron chi connectivity index (χ4n) is 0.881. The summed E-state index contributed by atoms with van der Waals surface area (Å²) in [6.45, 7) is 0. The average molecular weight is 306 g/mol. The Hall–Kier alpha value is 2.36. The van der Waals surface area contributed by atoms with Gasteiger partial charge in [0.1, 0.15) is 0 Å². The van der Waals surface area contributed by atoms with Crippen LogP contribution in [0, 0.1) is 0 Å². The van der Waals surface area contributed by atoms with Crippen molar-refractivity contribution in [3.05, 3.63) is 0 Å². The number of rotatable bonds is 6. The molecule has 0 aromatic rings. The van der Waals surface area contributed by atoms with Crippen molar-refractivity contribution in [3.8, 4) is 0 Å². The van der Waals surface area contributed by atoms with Crippen molar-refractivity contribution >= 4 is 122 Å². The van der Waals surface area contributed by atoms with Gasteiger partial charge in [-0.05, 0) is 6.42 Å². The molecule has 0 aliphatic rings. The van der Waals surface area contributed by atoms with Gasteiger partial charge in [0.05, 0.1) is 12.1 Å². The van der Waals surface area contributed by atoms with Crippen LogP contribution in [0.4, 0.5) is 0 Å². The first-order chi connectivity index (χ1) is 6.23. The Morgan fingerprint density at radius 1 is 1.06 bits per heavy atom. The predicted octanol–water partition coefficient (Wildman–Crippen LogP) is -1.42. The van der Waals surface area contributed by atoms with E-state index >= 15 is 0 Å². The summed E-state index contributed by atoms with van der Waals surface area (Å²) in [7, 11) is -4.53. The van der Waals surface area contributed by atoms with Crippen LogP contribution in [0.1, 0.15) is 19.3 Å². The molecule has 0 amide bonds. The Labute approximate surface area is 177 Å². The molecule has 1 atom stereocenters. The zero-order chi connectivity index (χ0) is 11.4. The summed E-state index contributed by atoms with van der Waals surface area (Å²) >= 11 is 0. The molecule has 0 aromatic carbocycles. The molecule has 0 spiro atoms. The standard InChI is InChI=1S/C6H11O7P.2K.2H/c7-5(8)2-1-4(3-6(9)10)14(11,12)13;;;;/h4H,1-3H2,(H,7,8)(H,9,10)(H2,11,12,13);;;;. The predicted molar refractivity (Wildman–Crippen MR) is 59.3 cm³/mol. The average Bonchev–Trinajstić information content (AvgIpc) is 1.94. The van der Waals surface area contributed by atoms with Crippen molar-refractivity contribution in [2.45, 2.75) is 24.9 Å². The second-order valence-electron chi connectivity index (χ2n) is 2.77. The minimum absolute atomic E-state index is 0. The Morgan fingerprint density at radius 2 is 1.50 bits per heavy atom. The fourth-order valence-corrected chi connectivity index (χ4v) is 1.74. The molecule has 86 valence electrons. The molecule has 4 N–H and O–H groups in total. The number of carboxylic acids is 2. The van der Waals surface area contributed by atoms with Gasteiger partial charge in [0.15, 0.2) is 0 Å². The van der Waals surface area contributed by atoms with Gasteiger partial charge in [0, 0.05) is 6.42 Å². The van der Waals surface area contributed by atoms with Crippen molar-refractivity contribution in [1.82, 2.24) is 0 Å². The third-order valence-corrected chi connectivity index (χ3v) is 2.97. The molecule has 0 aliphatic carbocycles. The second kappa shape index (κ2) is 11.2. The molecular weight excluding hydrogens is 293 g/mol. The summed E-state index contributed by atoms with van der Waals surface area (Å²) in [4.78, 5) is 37.7. The van der Waals surface area contributed by atoms with Crippen LogP contribution in [0.15, 0.2) is 0 Å². The van der Waals surface area contributed by atoms with Gasteiger partial charge < -0.3 is 20.0 Å². The van der Waals surface area contributed by atoms with Crippen LogP contribution in [0.5, 0.6) is 0 Å². The molecule has 0 bridgehead atoms. The molecule has 0 aliphatic heterocycles. The minimum atomic E-state index is -4.53. The number of aliphatic carboxylic acids is 2. The summed E-state index contributed by atoms with van der Waals surface area (Å²) in [5, 5.41) is 16.6. The number of carboxylic acid groups (broad SMARTS) is 2. The zero-order valence-electron chi connectivity index (χ0n) is 7.16. The van der Waals surface area contributed by atoms with Crippen molar-refractivity contribution in [3.63, 3.8) is 0 Å². The van der Waals surface area contributed by atoms with E-state index in [0.29, 0.717) is 0 Å². The van der Waals surface area contributed by atoms with Gasteiger partial charge in [-0.25, -0.2) is 0 Å². The number of hydrogen-bond acceptors (Lipinski definition) is 3. The maximum atomic E-state index is 10.7. The molecule has 0 heterocycles. The van der Waals surface area contributed by atoms with Gasteiger partial charge in [-0.15, -0.1) is 0 Å². The maximum absolute atomic E-state index is 10.7. The van der Waals surface area contributed by atoms with E-state index in [1.165, 1.54) is 0 Å². The molecule has 0 aromatic heterocycles. The van der Waals surface area contributed by atoms with E-state index in [1.54, 1.807) is 0 Å². The van der Waals surface area contributed by atoms with Crippen molar-refractivity contribution in [2.75, 3.05) is 0 Å². The van der Waals surface area contributed by atoms with Crippen LogP contribution in [0.2, 0.25) is 0 Å². The molecule has 0 rings (SSSR count). The molecule has 0 saturated carbocycles. The van der Waals surface area contributed by atoms with Gasteiger partial charge >= 0.3 is 122 Å². The molecule has 0 fully saturated rings. The monoisotopic (exact) mass is 306 g/mol. The second-order valence-corrected chi connectivity index (χ2v) is 4.68. The van der Waals surface area contributed by atoms with E-state index in [1.807, 2.05) is 0 Å². The summed E-state index contributed by atoms with van der Waals surface area (Å²) < 4.78 is 10.7. The number of carbonyl (C=O) groups is 2. The van der Waals surface area contributed by atoms with Crippen molar-refractivity contribution in [1.29, 1.82) is 0 Å². The van der Waals surface area contributed by atoms with Crippen LogP contribution in [-0.2, 0) is 14.2 Å². The van der Waals surface area contributed by atoms with Gasteiger partial charge in [0.2, 0.25) is 0 Å². The summed E-state index contributed by atoms with van der Waals surface area (Å²) in [5.41, 5.74) is -1.42. The Morgan fingerprint density at radius 3 is 1.75 bits per heavy atom. The normalized spacial score (nSPS) is 11.9. The van der Waals surface area contributed by atoms with Crippen molar-refractivity contribution < 1.29 is 34.2 Å². The Kier molecular flexibility index (Phi) is 16.4. The molecule has 7 nitrogen and oxygen atoms in total. The van der Waals surface area contributed by atoms with Gasteiger partial charge in [-0.1, -0.05) is 0 Å². The van der Waals surface area contributed by atoms with Gasteiger partial charge in [0.25, 0.3) is 0 Å². The quantitative estimate of drug-likeness (QED) is 0.349. The third kappa shape index (κ3) is 12.8. The van der Waals surface area contributed by atoms with Crippen molar-refractivity contribution in [2.24, 2.45) is 0 Å². The van der Waals surface area contributed by atoms with Crippen LogP contribution in [0.25, 0.3) is 0 Å². The van der Waals surface area contributed by atoms with E-state index in [9.17, 15) is 14.2 Å². The van der Waals surface area contributed by atoms with Crippen LogP contribution in [-0.4, -0.2) is 140 Å². The SMILES string of the molecule is O=C(O)CCC(CC(=O)O)P(=O)(O)O.[KH].[KH].